The molecule has 16 heteroatoms. The summed E-state index contributed by atoms with van der Waals surface area (Å²) in [4.78, 5) is 101. The molecule has 2 aliphatic heterocycles. The summed E-state index contributed by atoms with van der Waals surface area (Å²) < 4.78 is 16.1. The minimum atomic E-state index is -4.78. The van der Waals surface area contributed by atoms with E-state index in [9.17, 15) is 43.1 Å². The standard InChI is InChI=1S/C49H74N5O10P/c1-2-3-4-5-6-7-8-9-10-11-12-13-17-23-40(55)34-38(33-36-25-28-41(29-26-36)64-65(61,62)63)46(57)53-43-24-19-18-22-39-27-31-44(54(39)49(43)60)48(59)52-42(30-32-45(50)56)47(58)51-35-37-20-15-14-16-21-37/h14-16,20-21,25-26,28-29,38-39,42-44H,2-13,17-19,22-24,27,30-35H2,1H3,(H2,50,56)(H,51,58)(H,52,59)(H,53,57)(H2,61,62,63)/t38-,39+,42+,43?,44+/m1/s1. The van der Waals surface area contributed by atoms with Crippen molar-refractivity contribution in [2.75, 3.05) is 0 Å². The Bertz CT molecular complexity index is 1860. The number of carbonyl (C=O) groups is 6. The van der Waals surface area contributed by atoms with Crippen molar-refractivity contribution in [2.45, 2.75) is 192 Å². The van der Waals surface area contributed by atoms with E-state index in [1.807, 2.05) is 30.3 Å². The second-order valence-electron chi connectivity index (χ2n) is 18.0. The number of nitrogens with zero attached hydrogens (tertiary/aromatic N) is 1. The Morgan fingerprint density at radius 3 is 2.00 bits per heavy atom. The van der Waals surface area contributed by atoms with Crippen LogP contribution < -0.4 is 26.2 Å². The molecule has 2 aromatic carbocycles. The van der Waals surface area contributed by atoms with E-state index in [1.54, 1.807) is 17.0 Å². The number of amides is 5. The molecule has 0 spiro atoms. The van der Waals surface area contributed by atoms with Gasteiger partial charge in [0.25, 0.3) is 0 Å². The topological polar surface area (TPSA) is 235 Å². The molecule has 2 saturated heterocycles. The van der Waals surface area contributed by atoms with Gasteiger partial charge in [0.05, 0.1) is 0 Å². The summed E-state index contributed by atoms with van der Waals surface area (Å²) in [6.07, 6.45) is 19.0. The molecule has 0 radical (unpaired) electrons. The maximum absolute atomic E-state index is 14.5. The van der Waals surface area contributed by atoms with E-state index in [0.29, 0.717) is 44.1 Å². The Kier molecular flexibility index (Phi) is 23.2. The molecule has 2 aliphatic rings. The van der Waals surface area contributed by atoms with Gasteiger partial charge in [-0.25, -0.2) is 4.57 Å². The van der Waals surface area contributed by atoms with E-state index < -0.39 is 61.4 Å². The zero-order valence-corrected chi connectivity index (χ0v) is 39.3. The van der Waals surface area contributed by atoms with Crippen molar-refractivity contribution in [1.29, 1.82) is 0 Å². The van der Waals surface area contributed by atoms with Crippen LogP contribution in [0.1, 0.15) is 166 Å². The van der Waals surface area contributed by atoms with Crippen LogP contribution in [-0.4, -0.2) is 74.2 Å². The molecule has 0 aliphatic carbocycles. The maximum atomic E-state index is 14.5. The average Bonchev–Trinajstić information content (AvgIpc) is 3.69. The Balaban J connectivity index is 1.39. The number of primary amides is 1. The van der Waals surface area contributed by atoms with E-state index in [0.717, 1.165) is 37.7 Å². The van der Waals surface area contributed by atoms with Gasteiger partial charge in [-0.2, -0.15) is 0 Å². The lowest BCUT2D eigenvalue weighted by Gasteiger charge is -2.36. The van der Waals surface area contributed by atoms with Crippen molar-refractivity contribution in [2.24, 2.45) is 11.7 Å². The van der Waals surface area contributed by atoms with Crippen LogP contribution in [0.4, 0.5) is 0 Å². The number of unbranched alkanes of at least 4 members (excludes halogenated alkanes) is 12. The summed E-state index contributed by atoms with van der Waals surface area (Å²) in [5, 5.41) is 8.58. The zero-order chi connectivity index (χ0) is 47.0. The molecule has 65 heavy (non-hydrogen) atoms. The van der Waals surface area contributed by atoms with Gasteiger partial charge in [-0.1, -0.05) is 139 Å². The summed E-state index contributed by atoms with van der Waals surface area (Å²) in [6, 6.07) is 12.0. The maximum Gasteiger partial charge on any atom is 0.524 e. The minimum Gasteiger partial charge on any atom is -0.404 e. The largest absolute Gasteiger partial charge is 0.524 e. The van der Waals surface area contributed by atoms with Crippen LogP contribution in [0.15, 0.2) is 54.6 Å². The molecule has 5 atom stereocenters. The number of rotatable bonds is 30. The Morgan fingerprint density at radius 1 is 0.769 bits per heavy atom. The van der Waals surface area contributed by atoms with E-state index in [2.05, 4.69) is 27.4 Å². The van der Waals surface area contributed by atoms with Crippen LogP contribution in [0.3, 0.4) is 0 Å². The zero-order valence-electron chi connectivity index (χ0n) is 38.4. The molecular weight excluding hydrogens is 850 g/mol. The first-order valence-electron chi connectivity index (χ1n) is 24.1. The summed E-state index contributed by atoms with van der Waals surface area (Å²) in [5.41, 5.74) is 6.90. The lowest BCUT2D eigenvalue weighted by atomic mass is 9.91. The Morgan fingerprint density at radius 2 is 1.38 bits per heavy atom. The second-order valence-corrected chi connectivity index (χ2v) is 19.1. The SMILES string of the molecule is CCCCCCCCCCCCCCCC(=O)C[C@@H](Cc1ccc(OP(=O)(O)O)cc1)C(=O)NC1CCCC[C@H]2CC[C@@H](C(=O)N[C@@H](CCC(N)=O)C(=O)NCc3ccccc3)N2C1=O. The van der Waals surface area contributed by atoms with E-state index >= 15 is 0 Å². The normalized spacial score (nSPS) is 18.4. The van der Waals surface area contributed by atoms with Crippen LogP contribution in [0, 0.1) is 5.92 Å². The number of fused-ring (bicyclic) bond motifs is 1. The van der Waals surface area contributed by atoms with Gasteiger partial charge >= 0.3 is 7.82 Å². The highest BCUT2D eigenvalue weighted by molar-refractivity contribution is 7.46. The fourth-order valence-electron chi connectivity index (χ4n) is 9.03. The number of phosphoric acid groups is 1. The van der Waals surface area contributed by atoms with Crippen molar-refractivity contribution in [1.82, 2.24) is 20.9 Å². The first-order chi connectivity index (χ1) is 31.2. The van der Waals surface area contributed by atoms with Crippen molar-refractivity contribution < 1.29 is 47.6 Å². The quantitative estimate of drug-likeness (QED) is 0.0339. The number of phosphoric ester groups is 1. The van der Waals surface area contributed by atoms with Gasteiger partial charge in [0.1, 0.15) is 29.7 Å². The molecule has 0 bridgehead atoms. The molecule has 360 valence electrons. The number of nitrogens with two attached hydrogens (primary N) is 1. The van der Waals surface area contributed by atoms with Gasteiger partial charge in [-0.3, -0.25) is 38.6 Å². The minimum absolute atomic E-state index is 0.0244. The third-order valence-corrected chi connectivity index (χ3v) is 13.1. The van der Waals surface area contributed by atoms with Gasteiger partial charge < -0.3 is 31.1 Å². The number of nitrogens with one attached hydrogen (secondary N) is 3. The molecule has 2 fully saturated rings. The molecule has 0 aromatic heterocycles. The Hall–Kier alpha value is -4.59. The van der Waals surface area contributed by atoms with E-state index in [1.165, 1.54) is 69.9 Å². The predicted molar refractivity (Wildman–Crippen MR) is 249 cm³/mol. The van der Waals surface area contributed by atoms with Crippen molar-refractivity contribution in [3.05, 3.63) is 65.7 Å². The van der Waals surface area contributed by atoms with E-state index in [4.69, 9.17) is 5.73 Å². The van der Waals surface area contributed by atoms with Gasteiger partial charge in [0.2, 0.25) is 29.5 Å². The summed E-state index contributed by atoms with van der Waals surface area (Å²) >= 11 is 0. The number of hydrogen-bond acceptors (Lipinski definition) is 8. The number of benzene rings is 2. The van der Waals surface area contributed by atoms with Gasteiger partial charge in [0.15, 0.2) is 0 Å². The molecule has 0 saturated carbocycles. The molecule has 1 unspecified atom stereocenters. The van der Waals surface area contributed by atoms with Crippen LogP contribution >= 0.6 is 7.82 Å². The third kappa shape index (κ3) is 19.8. The van der Waals surface area contributed by atoms with Crippen molar-refractivity contribution >= 4 is 43.1 Å². The predicted octanol–water partition coefficient (Wildman–Crippen LogP) is 7.24. The number of ketones is 1. The number of Topliss-reactive ketones (excluding diaryl/α,β-unsaturated/α-hetero) is 1. The highest BCUT2D eigenvalue weighted by Crippen LogP contribution is 2.37. The molecule has 2 heterocycles. The monoisotopic (exact) mass is 924 g/mol. The highest BCUT2D eigenvalue weighted by atomic mass is 31.2. The van der Waals surface area contributed by atoms with Crippen LogP contribution in [-0.2, 0) is 46.3 Å². The van der Waals surface area contributed by atoms with Crippen LogP contribution in [0.5, 0.6) is 5.75 Å². The molecule has 5 amide bonds. The lowest BCUT2D eigenvalue weighted by molar-refractivity contribution is -0.145. The molecular formula is C49H74N5O10P. The van der Waals surface area contributed by atoms with Crippen molar-refractivity contribution in [3.8, 4) is 5.75 Å². The fraction of sp³-hybridized carbons (Fsp3) is 0.633. The van der Waals surface area contributed by atoms with Crippen LogP contribution in [0.25, 0.3) is 0 Å². The first kappa shape index (κ1) is 53.0. The van der Waals surface area contributed by atoms with Crippen molar-refractivity contribution in [3.63, 3.8) is 0 Å². The first-order valence-corrected chi connectivity index (χ1v) is 25.7. The third-order valence-electron chi connectivity index (χ3n) is 12.6. The molecule has 15 nitrogen and oxygen atoms in total. The van der Waals surface area contributed by atoms with Crippen LogP contribution in [0.2, 0.25) is 0 Å². The fourth-order valence-corrected chi connectivity index (χ4v) is 9.42. The highest BCUT2D eigenvalue weighted by Gasteiger charge is 2.45. The Labute approximate surface area is 385 Å². The van der Waals surface area contributed by atoms with Gasteiger partial charge in [-0.15, -0.1) is 0 Å². The molecule has 2 aromatic rings. The molecule has 7 N–H and O–H groups in total. The smallest absolute Gasteiger partial charge is 0.404 e. The number of carbonyl (C=O) groups excluding carboxylic acids is 6. The summed E-state index contributed by atoms with van der Waals surface area (Å²) in [6.45, 7) is 2.44. The second kappa shape index (κ2) is 28.4. The average molecular weight is 924 g/mol. The van der Waals surface area contributed by atoms with Gasteiger partial charge in [0, 0.05) is 37.8 Å². The van der Waals surface area contributed by atoms with Gasteiger partial charge in [-0.05, 0) is 68.2 Å². The summed E-state index contributed by atoms with van der Waals surface area (Å²) in [5.74, 6) is -3.47. The van der Waals surface area contributed by atoms with E-state index in [-0.39, 0.29) is 49.8 Å². The lowest BCUT2D eigenvalue weighted by Crippen LogP contribution is -2.58. The molecule has 4 rings (SSSR count). The number of hydrogen-bond donors (Lipinski definition) is 6. The summed E-state index contributed by atoms with van der Waals surface area (Å²) in [7, 11) is -4.78.